The van der Waals surface area contributed by atoms with Crippen molar-refractivity contribution in [3.05, 3.63) is 57.0 Å². The van der Waals surface area contributed by atoms with Gasteiger partial charge in [0, 0.05) is 10.2 Å². The molecule has 1 amide bonds. The highest BCUT2D eigenvalue weighted by atomic mass is 79.9. The second-order valence-electron chi connectivity index (χ2n) is 3.91. The first-order valence-corrected chi connectivity index (χ1v) is 6.57. The first-order valence-electron chi connectivity index (χ1n) is 5.40. The summed E-state index contributed by atoms with van der Waals surface area (Å²) in [5.74, 6) is -3.02. The van der Waals surface area contributed by atoms with Crippen molar-refractivity contribution in [1.29, 1.82) is 0 Å². The van der Waals surface area contributed by atoms with Gasteiger partial charge in [-0.25, -0.2) is 8.78 Å². The summed E-state index contributed by atoms with van der Waals surface area (Å²) in [4.78, 5) is 11.9. The zero-order valence-electron chi connectivity index (χ0n) is 9.88. The summed E-state index contributed by atoms with van der Waals surface area (Å²) >= 11 is 9.06. The molecule has 0 unspecified atom stereocenters. The fourth-order valence-corrected chi connectivity index (χ4v) is 1.97. The Kier molecular flexibility index (Phi) is 4.25. The van der Waals surface area contributed by atoms with Gasteiger partial charge < -0.3 is 11.1 Å². The molecular formula is C13H8BrClF2N2O. The molecule has 0 bridgehead atoms. The van der Waals surface area contributed by atoms with Crippen LogP contribution in [0.4, 0.5) is 20.2 Å². The number of hydrogen-bond donors (Lipinski definition) is 2. The number of benzene rings is 2. The van der Waals surface area contributed by atoms with Crippen LogP contribution in [-0.4, -0.2) is 5.91 Å². The Morgan fingerprint density at radius 3 is 2.60 bits per heavy atom. The van der Waals surface area contributed by atoms with Crippen LogP contribution in [0.5, 0.6) is 0 Å². The molecule has 0 aliphatic rings. The number of nitrogen functional groups attached to an aromatic ring is 1. The average Bonchev–Trinajstić information content (AvgIpc) is 2.39. The number of halogens is 4. The van der Waals surface area contributed by atoms with E-state index in [1.807, 2.05) is 0 Å². The van der Waals surface area contributed by atoms with Gasteiger partial charge in [-0.15, -0.1) is 0 Å². The van der Waals surface area contributed by atoms with Gasteiger partial charge in [-0.05, 0) is 46.3 Å². The highest BCUT2D eigenvalue weighted by molar-refractivity contribution is 9.10. The van der Waals surface area contributed by atoms with Crippen molar-refractivity contribution >= 4 is 44.8 Å². The van der Waals surface area contributed by atoms with Crippen molar-refractivity contribution < 1.29 is 13.6 Å². The number of nitrogens with one attached hydrogen (secondary N) is 1. The van der Waals surface area contributed by atoms with E-state index >= 15 is 0 Å². The Hall–Kier alpha value is -1.66. The van der Waals surface area contributed by atoms with Crippen LogP contribution < -0.4 is 11.1 Å². The minimum absolute atomic E-state index is 0.301. The van der Waals surface area contributed by atoms with Gasteiger partial charge in [0.1, 0.15) is 11.4 Å². The molecule has 3 N–H and O–H groups in total. The third kappa shape index (κ3) is 2.91. The molecule has 0 fully saturated rings. The monoisotopic (exact) mass is 360 g/mol. The minimum Gasteiger partial charge on any atom is -0.396 e. The zero-order chi connectivity index (χ0) is 14.9. The fourth-order valence-electron chi connectivity index (χ4n) is 1.54. The average molecular weight is 362 g/mol. The van der Waals surface area contributed by atoms with Crippen LogP contribution in [0.1, 0.15) is 10.4 Å². The lowest BCUT2D eigenvalue weighted by molar-refractivity contribution is 0.101. The van der Waals surface area contributed by atoms with E-state index in [2.05, 4.69) is 21.2 Å². The lowest BCUT2D eigenvalue weighted by Crippen LogP contribution is -2.16. The Morgan fingerprint density at radius 1 is 1.25 bits per heavy atom. The van der Waals surface area contributed by atoms with Gasteiger partial charge in [-0.3, -0.25) is 4.79 Å². The molecule has 0 radical (unpaired) electrons. The van der Waals surface area contributed by atoms with Crippen LogP contribution in [-0.2, 0) is 0 Å². The number of carbonyl (C=O) groups is 1. The van der Waals surface area contributed by atoms with Crippen LogP contribution in [0.15, 0.2) is 34.8 Å². The van der Waals surface area contributed by atoms with Crippen LogP contribution in [0.2, 0.25) is 5.02 Å². The Balaban J connectivity index is 2.33. The summed E-state index contributed by atoms with van der Waals surface area (Å²) in [5.41, 5.74) is 4.59. The predicted molar refractivity (Wildman–Crippen MR) is 77.9 cm³/mol. The Morgan fingerprint density at radius 2 is 1.95 bits per heavy atom. The quantitative estimate of drug-likeness (QED) is 0.787. The maximum absolute atomic E-state index is 13.7. The van der Waals surface area contributed by atoms with E-state index in [4.69, 9.17) is 17.3 Å². The highest BCUT2D eigenvalue weighted by Gasteiger charge is 2.19. The summed E-state index contributed by atoms with van der Waals surface area (Å²) < 4.78 is 27.9. The van der Waals surface area contributed by atoms with Gasteiger partial charge >= 0.3 is 0 Å². The maximum Gasteiger partial charge on any atom is 0.261 e. The second kappa shape index (κ2) is 5.76. The van der Waals surface area contributed by atoms with Crippen LogP contribution in [0.3, 0.4) is 0 Å². The van der Waals surface area contributed by atoms with E-state index in [1.165, 1.54) is 12.1 Å². The number of carbonyl (C=O) groups excluding carboxylic acids is 1. The molecule has 0 aromatic heterocycles. The van der Waals surface area contributed by atoms with Crippen molar-refractivity contribution in [1.82, 2.24) is 0 Å². The molecule has 2 rings (SSSR count). The second-order valence-corrected chi connectivity index (χ2v) is 5.17. The molecule has 7 heteroatoms. The summed E-state index contributed by atoms with van der Waals surface area (Å²) in [6.45, 7) is 0. The summed E-state index contributed by atoms with van der Waals surface area (Å²) in [7, 11) is 0. The van der Waals surface area contributed by atoms with Gasteiger partial charge in [-0.1, -0.05) is 11.6 Å². The highest BCUT2D eigenvalue weighted by Crippen LogP contribution is 2.26. The van der Waals surface area contributed by atoms with Gasteiger partial charge in [-0.2, -0.15) is 0 Å². The van der Waals surface area contributed by atoms with Crippen molar-refractivity contribution in [3.63, 3.8) is 0 Å². The van der Waals surface area contributed by atoms with Crippen LogP contribution in [0, 0.1) is 11.6 Å². The Labute approximate surface area is 126 Å². The standard InChI is InChI=1S/C13H8BrClF2N2O/c14-7-2-1-6(5-8(7)15)19-13(20)11-9(16)3-4-10(18)12(11)17/h1-5H,18H2,(H,19,20). The molecule has 0 aliphatic carbocycles. The van der Waals surface area contributed by atoms with E-state index < -0.39 is 23.1 Å². The number of hydrogen-bond acceptors (Lipinski definition) is 2. The van der Waals surface area contributed by atoms with Crippen LogP contribution in [0.25, 0.3) is 0 Å². The van der Waals surface area contributed by atoms with Gasteiger partial charge in [0.15, 0.2) is 5.82 Å². The molecule has 0 saturated carbocycles. The molecule has 2 aromatic rings. The molecule has 20 heavy (non-hydrogen) atoms. The van der Waals surface area contributed by atoms with Crippen LogP contribution >= 0.6 is 27.5 Å². The zero-order valence-corrected chi connectivity index (χ0v) is 12.2. The van der Waals surface area contributed by atoms with E-state index in [9.17, 15) is 13.6 Å². The predicted octanol–water partition coefficient (Wildman–Crippen LogP) is 4.22. The van der Waals surface area contributed by atoms with Crippen molar-refractivity contribution in [3.8, 4) is 0 Å². The van der Waals surface area contributed by atoms with Gasteiger partial charge in [0.25, 0.3) is 5.91 Å². The lowest BCUT2D eigenvalue weighted by Gasteiger charge is -2.09. The molecule has 104 valence electrons. The SMILES string of the molecule is Nc1ccc(F)c(C(=O)Nc2ccc(Br)c(Cl)c2)c1F. The summed E-state index contributed by atoms with van der Waals surface area (Å²) in [6, 6.07) is 6.57. The maximum atomic E-state index is 13.7. The number of rotatable bonds is 2. The Bertz CT molecular complexity index is 694. The fraction of sp³-hybridized carbons (Fsp3) is 0. The third-order valence-corrected chi connectivity index (χ3v) is 3.76. The first kappa shape index (κ1) is 14.7. The lowest BCUT2D eigenvalue weighted by atomic mass is 10.1. The molecule has 0 saturated heterocycles. The molecule has 0 heterocycles. The summed E-state index contributed by atoms with van der Waals surface area (Å²) in [5, 5.41) is 2.71. The molecule has 2 aromatic carbocycles. The molecule has 0 spiro atoms. The minimum atomic E-state index is -1.09. The largest absolute Gasteiger partial charge is 0.396 e. The molecule has 0 atom stereocenters. The topological polar surface area (TPSA) is 55.1 Å². The van der Waals surface area contributed by atoms with E-state index in [1.54, 1.807) is 6.07 Å². The van der Waals surface area contributed by atoms with Gasteiger partial charge in [0.05, 0.1) is 10.7 Å². The first-order chi connectivity index (χ1) is 9.40. The number of anilines is 2. The van der Waals surface area contributed by atoms with Crippen molar-refractivity contribution in [2.24, 2.45) is 0 Å². The van der Waals surface area contributed by atoms with Crippen molar-refractivity contribution in [2.75, 3.05) is 11.1 Å². The third-order valence-electron chi connectivity index (χ3n) is 2.53. The van der Waals surface area contributed by atoms with E-state index in [0.717, 1.165) is 12.1 Å². The van der Waals surface area contributed by atoms with E-state index in [-0.39, 0.29) is 5.69 Å². The normalized spacial score (nSPS) is 10.4. The van der Waals surface area contributed by atoms with E-state index in [0.29, 0.717) is 15.2 Å². The van der Waals surface area contributed by atoms with Crippen molar-refractivity contribution in [2.45, 2.75) is 0 Å². The molecule has 3 nitrogen and oxygen atoms in total. The molecular weight excluding hydrogens is 354 g/mol. The van der Waals surface area contributed by atoms with Gasteiger partial charge in [0.2, 0.25) is 0 Å². The number of amides is 1. The smallest absolute Gasteiger partial charge is 0.261 e. The summed E-state index contributed by atoms with van der Waals surface area (Å²) in [6.07, 6.45) is 0. The molecule has 0 aliphatic heterocycles. The number of nitrogens with two attached hydrogens (primary N) is 1.